The zero-order valence-corrected chi connectivity index (χ0v) is 6.57. The van der Waals surface area contributed by atoms with Gasteiger partial charge in [0.2, 0.25) is 0 Å². The Labute approximate surface area is 64.5 Å². The lowest BCUT2D eigenvalue weighted by Crippen LogP contribution is -1.86. The zero-order chi connectivity index (χ0) is 8.27. The summed E-state index contributed by atoms with van der Waals surface area (Å²) in [5.41, 5.74) is 0.406. The SMILES string of the molecule is O=P(=O)C(O)c1ccccc1. The van der Waals surface area contributed by atoms with Gasteiger partial charge < -0.3 is 5.11 Å². The standard InChI is InChI=1S/C7H7O3P/c8-7(11(9)10)6-4-2-1-3-5-6/h1-5,7-8H. The number of rotatable bonds is 2. The van der Waals surface area contributed by atoms with Crippen molar-refractivity contribution in [2.24, 2.45) is 0 Å². The van der Waals surface area contributed by atoms with E-state index >= 15 is 0 Å². The molecule has 0 aliphatic rings. The Morgan fingerprint density at radius 3 is 2.18 bits per heavy atom. The molecule has 58 valence electrons. The van der Waals surface area contributed by atoms with Gasteiger partial charge in [-0.05, 0) is 5.56 Å². The molecule has 4 heteroatoms. The summed E-state index contributed by atoms with van der Waals surface area (Å²) in [5, 5.41) is 9.00. The largest absolute Gasteiger partial charge is 0.374 e. The Balaban J connectivity index is 2.94. The molecule has 0 spiro atoms. The monoisotopic (exact) mass is 170 g/mol. The lowest BCUT2D eigenvalue weighted by molar-refractivity contribution is 0.251. The van der Waals surface area contributed by atoms with Gasteiger partial charge in [0.25, 0.3) is 0 Å². The molecular weight excluding hydrogens is 163 g/mol. The first-order valence-electron chi connectivity index (χ1n) is 3.08. The van der Waals surface area contributed by atoms with E-state index < -0.39 is 13.5 Å². The Morgan fingerprint density at radius 2 is 1.73 bits per heavy atom. The molecule has 1 unspecified atom stereocenters. The summed E-state index contributed by atoms with van der Waals surface area (Å²) in [7, 11) is -2.78. The van der Waals surface area contributed by atoms with Crippen LogP contribution in [-0.2, 0) is 9.13 Å². The van der Waals surface area contributed by atoms with Crippen LogP contribution < -0.4 is 0 Å². The molecule has 1 atom stereocenters. The van der Waals surface area contributed by atoms with Gasteiger partial charge in [0.1, 0.15) is 0 Å². The maximum atomic E-state index is 10.3. The first kappa shape index (κ1) is 8.18. The van der Waals surface area contributed by atoms with Crippen molar-refractivity contribution < 1.29 is 14.2 Å². The molecule has 1 aromatic carbocycles. The Hall–Kier alpha value is -0.920. The van der Waals surface area contributed by atoms with Crippen molar-refractivity contribution in [3.63, 3.8) is 0 Å². The van der Waals surface area contributed by atoms with Crippen molar-refractivity contribution >= 4 is 7.68 Å². The van der Waals surface area contributed by atoms with Crippen LogP contribution in [0.3, 0.4) is 0 Å². The highest BCUT2D eigenvalue weighted by atomic mass is 31.1. The van der Waals surface area contributed by atoms with Crippen LogP contribution in [0.4, 0.5) is 0 Å². The van der Waals surface area contributed by atoms with Gasteiger partial charge in [0.05, 0.1) is 0 Å². The van der Waals surface area contributed by atoms with E-state index in [0.717, 1.165) is 0 Å². The van der Waals surface area contributed by atoms with Crippen LogP contribution >= 0.6 is 7.68 Å². The lowest BCUT2D eigenvalue weighted by Gasteiger charge is -1.98. The number of benzene rings is 1. The summed E-state index contributed by atoms with van der Waals surface area (Å²) < 4.78 is 20.6. The third-order valence-corrected chi connectivity index (χ3v) is 1.99. The Kier molecular flexibility index (Phi) is 2.58. The molecule has 3 nitrogen and oxygen atoms in total. The minimum absolute atomic E-state index is 0.406. The van der Waals surface area contributed by atoms with E-state index in [0.29, 0.717) is 5.56 Å². The summed E-state index contributed by atoms with van der Waals surface area (Å²) in [6, 6.07) is 8.24. The van der Waals surface area contributed by atoms with Crippen molar-refractivity contribution in [2.75, 3.05) is 0 Å². The Bertz CT molecular complexity index is 284. The van der Waals surface area contributed by atoms with E-state index in [4.69, 9.17) is 5.11 Å². The average Bonchev–Trinajstić information content (AvgIpc) is 2.05. The van der Waals surface area contributed by atoms with Crippen molar-refractivity contribution in [3.05, 3.63) is 35.9 Å². The van der Waals surface area contributed by atoms with Gasteiger partial charge in [-0.1, -0.05) is 30.3 Å². The number of aliphatic hydroxyl groups is 1. The van der Waals surface area contributed by atoms with Crippen LogP contribution in [0.15, 0.2) is 30.3 Å². The van der Waals surface area contributed by atoms with E-state index in [1.54, 1.807) is 30.3 Å². The highest BCUT2D eigenvalue weighted by Crippen LogP contribution is 2.27. The molecule has 0 saturated heterocycles. The number of hydrogen-bond donors (Lipinski definition) is 1. The van der Waals surface area contributed by atoms with Crippen LogP contribution in [0.25, 0.3) is 0 Å². The maximum absolute atomic E-state index is 10.3. The van der Waals surface area contributed by atoms with Crippen LogP contribution in [0.1, 0.15) is 11.4 Å². The summed E-state index contributed by atoms with van der Waals surface area (Å²) in [6.07, 6.45) is 0. The number of aliphatic hydroxyl groups excluding tert-OH is 1. The Morgan fingerprint density at radius 1 is 1.18 bits per heavy atom. The zero-order valence-electron chi connectivity index (χ0n) is 5.68. The highest BCUT2D eigenvalue weighted by molar-refractivity contribution is 7.31. The predicted molar refractivity (Wildman–Crippen MR) is 39.7 cm³/mol. The quantitative estimate of drug-likeness (QED) is 0.689. The van der Waals surface area contributed by atoms with Gasteiger partial charge >= 0.3 is 7.68 Å². The fraction of sp³-hybridized carbons (Fsp3) is 0.143. The van der Waals surface area contributed by atoms with Gasteiger partial charge in [0, 0.05) is 0 Å². The van der Waals surface area contributed by atoms with E-state index in [1.807, 2.05) is 0 Å². The third-order valence-electron chi connectivity index (χ3n) is 1.30. The highest BCUT2D eigenvalue weighted by Gasteiger charge is 2.10. The van der Waals surface area contributed by atoms with Gasteiger partial charge in [-0.3, -0.25) is 0 Å². The lowest BCUT2D eigenvalue weighted by atomic mass is 10.2. The van der Waals surface area contributed by atoms with Crippen molar-refractivity contribution in [2.45, 2.75) is 5.85 Å². The second-order valence-electron chi connectivity index (χ2n) is 2.07. The minimum Gasteiger partial charge on any atom is -0.374 e. The molecule has 0 radical (unpaired) electrons. The van der Waals surface area contributed by atoms with Crippen LogP contribution in [-0.4, -0.2) is 5.11 Å². The van der Waals surface area contributed by atoms with Gasteiger partial charge in [0.15, 0.2) is 5.85 Å². The first-order valence-corrected chi connectivity index (χ1v) is 4.33. The molecule has 0 amide bonds. The molecule has 11 heavy (non-hydrogen) atoms. The molecule has 0 heterocycles. The molecule has 1 aromatic rings. The molecule has 0 fully saturated rings. The summed E-state index contributed by atoms with van der Waals surface area (Å²) in [5.74, 6) is -1.37. The minimum atomic E-state index is -2.78. The average molecular weight is 170 g/mol. The van der Waals surface area contributed by atoms with Gasteiger partial charge in [-0.15, -0.1) is 0 Å². The topological polar surface area (TPSA) is 54.4 Å². The molecule has 0 aliphatic heterocycles. The molecule has 1 rings (SSSR count). The smallest absolute Gasteiger partial charge is 0.349 e. The van der Waals surface area contributed by atoms with Crippen molar-refractivity contribution in [1.29, 1.82) is 0 Å². The molecule has 0 aliphatic carbocycles. The summed E-state index contributed by atoms with van der Waals surface area (Å²) >= 11 is 0. The fourth-order valence-corrected chi connectivity index (χ4v) is 1.16. The molecule has 1 N–H and O–H groups in total. The van der Waals surface area contributed by atoms with E-state index in [9.17, 15) is 9.13 Å². The molecule has 0 aromatic heterocycles. The van der Waals surface area contributed by atoms with E-state index in [2.05, 4.69) is 0 Å². The van der Waals surface area contributed by atoms with Crippen LogP contribution in [0.2, 0.25) is 0 Å². The maximum Gasteiger partial charge on any atom is 0.349 e. The van der Waals surface area contributed by atoms with Crippen molar-refractivity contribution in [3.8, 4) is 0 Å². The second kappa shape index (κ2) is 3.46. The third kappa shape index (κ3) is 2.00. The molecule has 0 bridgehead atoms. The number of hydrogen-bond acceptors (Lipinski definition) is 3. The molecule has 0 saturated carbocycles. The van der Waals surface area contributed by atoms with E-state index in [1.165, 1.54) is 0 Å². The predicted octanol–water partition coefficient (Wildman–Crippen LogP) is 1.85. The van der Waals surface area contributed by atoms with Crippen LogP contribution in [0.5, 0.6) is 0 Å². The summed E-state index contributed by atoms with van der Waals surface area (Å²) in [6.45, 7) is 0. The normalized spacial score (nSPS) is 12.5. The van der Waals surface area contributed by atoms with Crippen LogP contribution in [0, 0.1) is 0 Å². The second-order valence-corrected chi connectivity index (χ2v) is 3.13. The van der Waals surface area contributed by atoms with Gasteiger partial charge in [-0.25, -0.2) is 9.13 Å². The molecular formula is C7H7O3P. The van der Waals surface area contributed by atoms with E-state index in [-0.39, 0.29) is 0 Å². The summed E-state index contributed by atoms with van der Waals surface area (Å²) in [4.78, 5) is 0. The fourth-order valence-electron chi connectivity index (χ4n) is 0.747. The van der Waals surface area contributed by atoms with Gasteiger partial charge in [-0.2, -0.15) is 0 Å². The first-order chi connectivity index (χ1) is 5.22. The van der Waals surface area contributed by atoms with Crippen molar-refractivity contribution in [1.82, 2.24) is 0 Å².